The molecule has 0 spiro atoms. The SMILES string of the molecule is CC(C)(C)OC(=O)N1CCC(N2C(=O)S/C(=C\c3ccc4c(cnn4Cc4ccc(Cl)cc4C(F)(F)F)c3)C2=O)C(=O)C1. The van der Waals surface area contributed by atoms with Crippen LogP contribution in [0.3, 0.4) is 0 Å². The number of fused-ring (bicyclic) bond motifs is 1. The van der Waals surface area contributed by atoms with E-state index in [0.717, 1.165) is 11.0 Å². The van der Waals surface area contributed by atoms with Gasteiger partial charge in [-0.15, -0.1) is 0 Å². The molecule has 5 rings (SSSR count). The largest absolute Gasteiger partial charge is 0.444 e. The summed E-state index contributed by atoms with van der Waals surface area (Å²) in [5.74, 6) is -1.05. The third-order valence-electron chi connectivity index (χ3n) is 6.84. The van der Waals surface area contributed by atoms with Gasteiger partial charge >= 0.3 is 12.3 Å². The predicted molar refractivity (Wildman–Crippen MR) is 154 cm³/mol. The van der Waals surface area contributed by atoms with Crippen molar-refractivity contribution < 1.29 is 37.1 Å². The van der Waals surface area contributed by atoms with Crippen LogP contribution in [0.5, 0.6) is 0 Å². The predicted octanol–water partition coefficient (Wildman–Crippen LogP) is 6.37. The molecule has 2 aromatic carbocycles. The zero-order valence-corrected chi connectivity index (χ0v) is 24.8. The monoisotopic (exact) mass is 634 g/mol. The van der Waals surface area contributed by atoms with Crippen molar-refractivity contribution in [1.29, 1.82) is 0 Å². The van der Waals surface area contributed by atoms with Gasteiger partial charge in [0.2, 0.25) is 0 Å². The lowest BCUT2D eigenvalue weighted by Crippen LogP contribution is -2.54. The van der Waals surface area contributed by atoms with Crippen LogP contribution in [0.2, 0.25) is 5.02 Å². The smallest absolute Gasteiger partial charge is 0.416 e. The highest BCUT2D eigenvalue weighted by Crippen LogP contribution is 2.37. The van der Waals surface area contributed by atoms with Crippen LogP contribution >= 0.6 is 23.4 Å². The summed E-state index contributed by atoms with van der Waals surface area (Å²) in [4.78, 5) is 53.6. The number of Topliss-reactive ketones (excluding diaryl/α,β-unsaturated/α-hetero) is 1. The minimum Gasteiger partial charge on any atom is -0.444 e. The first-order chi connectivity index (χ1) is 20.1. The number of hydrogen-bond acceptors (Lipinski definition) is 7. The van der Waals surface area contributed by atoms with Crippen LogP contribution in [0.4, 0.5) is 22.8 Å². The number of ether oxygens (including phenoxy) is 1. The minimum atomic E-state index is -4.58. The van der Waals surface area contributed by atoms with Crippen molar-refractivity contribution in [2.75, 3.05) is 13.1 Å². The summed E-state index contributed by atoms with van der Waals surface area (Å²) in [5, 5.41) is 4.25. The third kappa shape index (κ3) is 6.57. The molecule has 0 aliphatic carbocycles. The number of imide groups is 1. The number of carbonyl (C=O) groups is 4. The molecule has 3 amide bonds. The van der Waals surface area contributed by atoms with E-state index in [1.165, 1.54) is 34.0 Å². The second-order valence-corrected chi connectivity index (χ2v) is 12.6. The van der Waals surface area contributed by atoms with E-state index in [1.807, 2.05) is 0 Å². The Morgan fingerprint density at radius 1 is 1.14 bits per heavy atom. The summed E-state index contributed by atoms with van der Waals surface area (Å²) in [6.07, 6.45) is -2.11. The Morgan fingerprint density at radius 2 is 1.88 bits per heavy atom. The molecule has 3 aromatic rings. The number of nitrogens with zero attached hydrogens (tertiary/aromatic N) is 4. The number of alkyl halides is 3. The van der Waals surface area contributed by atoms with E-state index in [1.54, 1.807) is 39.0 Å². The average Bonchev–Trinajstić information content (AvgIpc) is 3.42. The molecule has 1 aromatic heterocycles. The van der Waals surface area contributed by atoms with E-state index < -0.39 is 46.4 Å². The molecule has 43 heavy (non-hydrogen) atoms. The Bertz CT molecular complexity index is 1680. The van der Waals surface area contributed by atoms with Crippen LogP contribution in [0.25, 0.3) is 17.0 Å². The molecule has 1 unspecified atom stereocenters. The zero-order chi connectivity index (χ0) is 31.3. The first-order valence-corrected chi connectivity index (χ1v) is 14.4. The van der Waals surface area contributed by atoms with Gasteiger partial charge < -0.3 is 9.64 Å². The topological polar surface area (TPSA) is 102 Å². The molecule has 2 fully saturated rings. The molecule has 0 radical (unpaired) electrons. The lowest BCUT2D eigenvalue weighted by molar-refractivity contribution is -0.138. The molecule has 0 bridgehead atoms. The summed E-state index contributed by atoms with van der Waals surface area (Å²) in [6, 6.07) is 7.61. The van der Waals surface area contributed by atoms with Crippen LogP contribution in [-0.2, 0) is 27.0 Å². The van der Waals surface area contributed by atoms with Gasteiger partial charge in [0.25, 0.3) is 11.1 Å². The van der Waals surface area contributed by atoms with Crippen molar-refractivity contribution in [1.82, 2.24) is 19.6 Å². The number of rotatable bonds is 4. The molecule has 0 N–H and O–H groups in total. The highest BCUT2D eigenvalue weighted by atomic mass is 35.5. The van der Waals surface area contributed by atoms with E-state index >= 15 is 0 Å². The van der Waals surface area contributed by atoms with Gasteiger partial charge in [0.15, 0.2) is 5.78 Å². The fourth-order valence-electron chi connectivity index (χ4n) is 4.90. The standard InChI is InChI=1S/C29H26ClF3N4O5S/c1-28(2,3)42-26(40)35-9-8-22(23(38)15-35)37-25(39)24(43-27(37)41)11-16-4-7-21-18(10-16)13-34-36(21)14-17-5-6-19(30)12-20(17)29(31,32)33/h4-7,10-13,22H,8-9,14-15H2,1-3H3/b24-11-. The number of benzene rings is 2. The number of halogens is 4. The van der Waals surface area contributed by atoms with Crippen LogP contribution in [-0.4, -0.2) is 67.3 Å². The van der Waals surface area contributed by atoms with Crippen molar-refractivity contribution in [2.45, 2.75) is 51.6 Å². The number of thioether (sulfide) groups is 1. The lowest BCUT2D eigenvalue weighted by atomic mass is 10.0. The number of ketones is 1. The van der Waals surface area contributed by atoms with E-state index in [9.17, 15) is 32.3 Å². The first-order valence-electron chi connectivity index (χ1n) is 13.2. The van der Waals surface area contributed by atoms with Crippen molar-refractivity contribution in [3.63, 3.8) is 0 Å². The Labute approximate surface area is 253 Å². The molecule has 226 valence electrons. The fourth-order valence-corrected chi connectivity index (χ4v) is 5.95. The highest BCUT2D eigenvalue weighted by Gasteiger charge is 2.45. The van der Waals surface area contributed by atoms with Crippen LogP contribution < -0.4 is 0 Å². The summed E-state index contributed by atoms with van der Waals surface area (Å²) in [5.41, 5.74) is -0.443. The molecule has 2 aliphatic rings. The summed E-state index contributed by atoms with van der Waals surface area (Å²) < 4.78 is 47.4. The number of aromatic nitrogens is 2. The van der Waals surface area contributed by atoms with Gasteiger partial charge in [0.05, 0.1) is 35.3 Å². The van der Waals surface area contributed by atoms with Gasteiger partial charge in [-0.1, -0.05) is 23.7 Å². The second-order valence-electron chi connectivity index (χ2n) is 11.1. The highest BCUT2D eigenvalue weighted by molar-refractivity contribution is 8.18. The third-order valence-corrected chi connectivity index (χ3v) is 7.96. The maximum atomic E-state index is 13.6. The number of carbonyl (C=O) groups excluding carboxylic acids is 4. The Kier molecular flexibility index (Phi) is 8.07. The van der Waals surface area contributed by atoms with Crippen molar-refractivity contribution in [2.24, 2.45) is 0 Å². The Hall–Kier alpha value is -3.84. The Morgan fingerprint density at radius 3 is 2.56 bits per heavy atom. The van der Waals surface area contributed by atoms with Crippen LogP contribution in [0, 0.1) is 0 Å². The molecule has 14 heteroatoms. The normalized spacial score (nSPS) is 19.2. The molecule has 2 saturated heterocycles. The zero-order valence-electron chi connectivity index (χ0n) is 23.3. The molecule has 3 heterocycles. The molecular weight excluding hydrogens is 609 g/mol. The fraction of sp³-hybridized carbons (Fsp3) is 0.345. The van der Waals surface area contributed by atoms with Gasteiger partial charge in [0, 0.05) is 17.0 Å². The average molecular weight is 635 g/mol. The van der Waals surface area contributed by atoms with E-state index in [-0.39, 0.29) is 41.5 Å². The van der Waals surface area contributed by atoms with E-state index in [4.69, 9.17) is 16.3 Å². The van der Waals surface area contributed by atoms with Gasteiger partial charge in [-0.05, 0) is 80.4 Å². The van der Waals surface area contributed by atoms with Gasteiger partial charge in [-0.2, -0.15) is 18.3 Å². The Balaban J connectivity index is 1.31. The second kappa shape index (κ2) is 11.3. The van der Waals surface area contributed by atoms with Crippen molar-refractivity contribution in [3.05, 3.63) is 69.2 Å². The molecular formula is C29H26ClF3N4O5S. The number of hydrogen-bond donors (Lipinski definition) is 0. The van der Waals surface area contributed by atoms with Gasteiger partial charge in [-0.3, -0.25) is 24.0 Å². The lowest BCUT2D eigenvalue weighted by Gasteiger charge is -2.34. The van der Waals surface area contributed by atoms with Crippen LogP contribution in [0.15, 0.2) is 47.5 Å². The quantitative estimate of drug-likeness (QED) is 0.307. The summed E-state index contributed by atoms with van der Waals surface area (Å²) in [6.45, 7) is 4.86. The first kappa shape index (κ1) is 30.6. The molecule has 2 aliphatic heterocycles. The van der Waals surface area contributed by atoms with Gasteiger partial charge in [0.1, 0.15) is 11.6 Å². The van der Waals surface area contributed by atoms with Gasteiger partial charge in [-0.25, -0.2) is 4.79 Å². The number of likely N-dealkylation sites (tertiary alicyclic amines) is 1. The van der Waals surface area contributed by atoms with Crippen molar-refractivity contribution in [3.8, 4) is 0 Å². The molecule has 1 atom stereocenters. The maximum Gasteiger partial charge on any atom is 0.416 e. The molecule has 9 nitrogen and oxygen atoms in total. The van der Waals surface area contributed by atoms with Crippen molar-refractivity contribution >= 4 is 63.4 Å². The summed E-state index contributed by atoms with van der Waals surface area (Å²) in [7, 11) is 0. The number of piperidine rings is 1. The van der Waals surface area contributed by atoms with Crippen LogP contribution in [0.1, 0.15) is 43.9 Å². The van der Waals surface area contributed by atoms with E-state index in [2.05, 4.69) is 5.10 Å². The number of amides is 3. The van der Waals surface area contributed by atoms with E-state index in [0.29, 0.717) is 28.2 Å². The molecule has 0 saturated carbocycles. The maximum absolute atomic E-state index is 13.6. The minimum absolute atomic E-state index is 0.00567. The summed E-state index contributed by atoms with van der Waals surface area (Å²) >= 11 is 6.50.